The maximum atomic E-state index is 12.5. The molecule has 1 aromatic rings. The molecule has 110 valence electrons. The first-order valence-electron chi connectivity index (χ1n) is 7.93. The minimum absolute atomic E-state index is 0.0390. The highest BCUT2D eigenvalue weighted by atomic mass is 16.5. The number of rotatable bonds is 2. The van der Waals surface area contributed by atoms with Gasteiger partial charge in [-0.1, -0.05) is 31.8 Å². The minimum atomic E-state index is -0.0390. The van der Waals surface area contributed by atoms with Crippen LogP contribution in [0.2, 0.25) is 0 Å². The van der Waals surface area contributed by atoms with Crippen LogP contribution >= 0.6 is 0 Å². The number of carbonyl (C=O) groups excluding carboxylic acids is 1. The molecule has 1 heterocycles. The molecule has 3 rings (SSSR count). The molecule has 3 atom stereocenters. The lowest BCUT2D eigenvalue weighted by atomic mass is 9.85. The molecule has 0 spiro atoms. The molecule has 20 heavy (non-hydrogen) atoms. The van der Waals surface area contributed by atoms with E-state index in [0.29, 0.717) is 23.6 Å². The summed E-state index contributed by atoms with van der Waals surface area (Å²) in [6, 6.07) is 0.296. The van der Waals surface area contributed by atoms with Crippen LogP contribution in [0, 0.1) is 11.8 Å². The van der Waals surface area contributed by atoms with Gasteiger partial charge in [-0.15, -0.1) is 0 Å². The van der Waals surface area contributed by atoms with E-state index in [2.05, 4.69) is 24.3 Å². The molecule has 1 N–H and O–H groups in total. The summed E-state index contributed by atoms with van der Waals surface area (Å²) >= 11 is 0. The van der Waals surface area contributed by atoms with Crippen molar-refractivity contribution in [1.82, 2.24) is 10.5 Å². The third-order valence-electron chi connectivity index (χ3n) is 4.93. The molecule has 4 heteroatoms. The average molecular weight is 276 g/mol. The van der Waals surface area contributed by atoms with Crippen molar-refractivity contribution in [2.75, 3.05) is 0 Å². The molecule has 2 aliphatic rings. The second-order valence-corrected chi connectivity index (χ2v) is 6.62. The van der Waals surface area contributed by atoms with Crippen molar-refractivity contribution in [3.63, 3.8) is 0 Å². The van der Waals surface area contributed by atoms with E-state index in [4.69, 9.17) is 4.52 Å². The van der Waals surface area contributed by atoms with Gasteiger partial charge in [0.05, 0.1) is 0 Å². The summed E-state index contributed by atoms with van der Waals surface area (Å²) in [6.45, 7) is 4.45. The Labute approximate surface area is 120 Å². The largest absolute Gasteiger partial charge is 0.360 e. The van der Waals surface area contributed by atoms with Gasteiger partial charge in [-0.2, -0.15) is 0 Å². The minimum Gasteiger partial charge on any atom is -0.360 e. The fraction of sp³-hybridized carbons (Fsp3) is 0.750. The zero-order chi connectivity index (χ0) is 14.1. The van der Waals surface area contributed by atoms with Gasteiger partial charge in [0.1, 0.15) is 5.76 Å². The van der Waals surface area contributed by atoms with Crippen LogP contribution in [0.25, 0.3) is 0 Å². The molecule has 0 bridgehead atoms. The highest BCUT2D eigenvalue weighted by Gasteiger charge is 2.29. The predicted octanol–water partition coefficient (Wildman–Crippen LogP) is 3.11. The van der Waals surface area contributed by atoms with Crippen LogP contribution in [0.4, 0.5) is 0 Å². The van der Waals surface area contributed by atoms with Gasteiger partial charge in [-0.05, 0) is 37.5 Å². The number of hydrogen-bond acceptors (Lipinski definition) is 3. The Hall–Kier alpha value is -1.32. The lowest BCUT2D eigenvalue weighted by Gasteiger charge is -2.29. The first kappa shape index (κ1) is 13.7. The Morgan fingerprint density at radius 1 is 1.25 bits per heavy atom. The number of fused-ring (bicyclic) bond motifs is 1. The average Bonchev–Trinajstić information content (AvgIpc) is 2.84. The van der Waals surface area contributed by atoms with Gasteiger partial charge in [0.15, 0.2) is 5.69 Å². The summed E-state index contributed by atoms with van der Waals surface area (Å²) in [6.07, 6.45) is 7.75. The topological polar surface area (TPSA) is 55.1 Å². The van der Waals surface area contributed by atoms with E-state index in [1.807, 2.05) is 0 Å². The number of aryl methyl sites for hydroxylation is 1. The fourth-order valence-corrected chi connectivity index (χ4v) is 3.52. The van der Waals surface area contributed by atoms with E-state index >= 15 is 0 Å². The van der Waals surface area contributed by atoms with E-state index in [0.717, 1.165) is 37.0 Å². The summed E-state index contributed by atoms with van der Waals surface area (Å²) < 4.78 is 5.36. The summed E-state index contributed by atoms with van der Waals surface area (Å²) in [5.41, 5.74) is 1.58. The number of hydrogen-bond donors (Lipinski definition) is 1. The molecule has 1 aromatic heterocycles. The first-order chi connectivity index (χ1) is 9.65. The van der Waals surface area contributed by atoms with Crippen LogP contribution in [0.15, 0.2) is 4.52 Å². The van der Waals surface area contributed by atoms with Crippen molar-refractivity contribution in [1.29, 1.82) is 0 Å². The molecule has 0 saturated heterocycles. The van der Waals surface area contributed by atoms with Crippen molar-refractivity contribution >= 4 is 5.91 Å². The zero-order valence-corrected chi connectivity index (χ0v) is 12.4. The molecule has 2 aliphatic carbocycles. The molecule has 0 radical (unpaired) electrons. The number of amides is 1. The quantitative estimate of drug-likeness (QED) is 0.903. The van der Waals surface area contributed by atoms with Crippen molar-refractivity contribution in [3.05, 3.63) is 17.0 Å². The number of nitrogens with zero attached hydrogens (tertiary/aromatic N) is 1. The lowest BCUT2D eigenvalue weighted by Crippen LogP contribution is -2.41. The molecular weight excluding hydrogens is 252 g/mol. The Balaban J connectivity index is 1.73. The van der Waals surface area contributed by atoms with Gasteiger partial charge >= 0.3 is 0 Å². The normalized spacial score (nSPS) is 29.8. The summed E-state index contributed by atoms with van der Waals surface area (Å²) in [7, 11) is 0. The van der Waals surface area contributed by atoms with Crippen LogP contribution in [-0.2, 0) is 12.8 Å². The molecule has 0 aliphatic heterocycles. The van der Waals surface area contributed by atoms with Gasteiger partial charge in [-0.3, -0.25) is 4.79 Å². The number of nitrogens with one attached hydrogen (secondary N) is 1. The lowest BCUT2D eigenvalue weighted by molar-refractivity contribution is 0.0900. The van der Waals surface area contributed by atoms with Crippen LogP contribution in [-0.4, -0.2) is 17.1 Å². The molecule has 0 unspecified atom stereocenters. The summed E-state index contributed by atoms with van der Waals surface area (Å²) in [5, 5.41) is 7.21. The van der Waals surface area contributed by atoms with Gasteiger partial charge in [0, 0.05) is 18.0 Å². The SMILES string of the molecule is C[C@@H]1CCc2onc(C(=O)N[C@H]3CCCC[C@@H]3C)c2C1. The van der Waals surface area contributed by atoms with E-state index in [-0.39, 0.29) is 5.91 Å². The summed E-state index contributed by atoms with van der Waals surface area (Å²) in [4.78, 5) is 12.5. The van der Waals surface area contributed by atoms with Crippen LogP contribution in [0.3, 0.4) is 0 Å². The van der Waals surface area contributed by atoms with Gasteiger partial charge < -0.3 is 9.84 Å². The fourth-order valence-electron chi connectivity index (χ4n) is 3.52. The Morgan fingerprint density at radius 3 is 2.85 bits per heavy atom. The maximum Gasteiger partial charge on any atom is 0.273 e. The van der Waals surface area contributed by atoms with Gasteiger partial charge in [0.25, 0.3) is 5.91 Å². The van der Waals surface area contributed by atoms with Crippen LogP contribution < -0.4 is 5.32 Å². The highest BCUT2D eigenvalue weighted by Crippen LogP contribution is 2.29. The molecule has 1 fully saturated rings. The van der Waals surface area contributed by atoms with E-state index in [9.17, 15) is 4.79 Å². The molecule has 1 amide bonds. The molecule has 0 aromatic carbocycles. The molecule has 4 nitrogen and oxygen atoms in total. The van der Waals surface area contributed by atoms with E-state index < -0.39 is 0 Å². The monoisotopic (exact) mass is 276 g/mol. The van der Waals surface area contributed by atoms with Crippen molar-refractivity contribution < 1.29 is 9.32 Å². The van der Waals surface area contributed by atoms with Crippen molar-refractivity contribution in [3.8, 4) is 0 Å². The van der Waals surface area contributed by atoms with E-state index in [1.165, 1.54) is 19.3 Å². The van der Waals surface area contributed by atoms with E-state index in [1.54, 1.807) is 0 Å². The van der Waals surface area contributed by atoms with Gasteiger partial charge in [-0.25, -0.2) is 0 Å². The Bertz CT molecular complexity index is 495. The second kappa shape index (κ2) is 5.58. The predicted molar refractivity (Wildman–Crippen MR) is 76.6 cm³/mol. The third-order valence-corrected chi connectivity index (χ3v) is 4.93. The van der Waals surface area contributed by atoms with Gasteiger partial charge in [0.2, 0.25) is 0 Å². The smallest absolute Gasteiger partial charge is 0.273 e. The maximum absolute atomic E-state index is 12.5. The standard InChI is InChI=1S/C16H24N2O2/c1-10-7-8-14-12(9-10)15(18-20-14)16(19)17-13-6-4-3-5-11(13)2/h10-11,13H,3-9H2,1-2H3,(H,17,19)/t10-,11+,13+/m1/s1. The Kier molecular flexibility index (Phi) is 3.81. The van der Waals surface area contributed by atoms with Crippen molar-refractivity contribution in [2.45, 2.75) is 64.8 Å². The molecular formula is C16H24N2O2. The van der Waals surface area contributed by atoms with Crippen molar-refractivity contribution in [2.24, 2.45) is 11.8 Å². The summed E-state index contributed by atoms with van der Waals surface area (Å²) in [5.74, 6) is 2.06. The zero-order valence-electron chi connectivity index (χ0n) is 12.4. The molecule has 1 saturated carbocycles. The van der Waals surface area contributed by atoms with Crippen LogP contribution in [0.5, 0.6) is 0 Å². The highest BCUT2D eigenvalue weighted by molar-refractivity contribution is 5.94. The third kappa shape index (κ3) is 2.60. The first-order valence-corrected chi connectivity index (χ1v) is 7.93. The number of carbonyl (C=O) groups is 1. The Morgan fingerprint density at radius 2 is 2.05 bits per heavy atom. The number of aromatic nitrogens is 1. The second-order valence-electron chi connectivity index (χ2n) is 6.62. The van der Waals surface area contributed by atoms with Crippen LogP contribution in [0.1, 0.15) is 67.8 Å².